The van der Waals surface area contributed by atoms with Crippen LogP contribution >= 0.6 is 0 Å². The van der Waals surface area contributed by atoms with Gasteiger partial charge in [-0.05, 0) is 32.2 Å². The molecule has 2 fully saturated rings. The molecule has 7 heteroatoms. The van der Waals surface area contributed by atoms with Crippen LogP contribution in [0.25, 0.3) is 0 Å². The van der Waals surface area contributed by atoms with Crippen LogP contribution in [0.15, 0.2) is 4.52 Å². The molecule has 1 unspecified atom stereocenters. The average molecular weight is 350 g/mol. The molecule has 2 aliphatic rings. The van der Waals surface area contributed by atoms with Crippen molar-refractivity contribution in [1.29, 1.82) is 0 Å². The average Bonchev–Trinajstić information content (AvgIpc) is 3.05. The molecule has 7 nitrogen and oxygen atoms in total. The van der Waals surface area contributed by atoms with Crippen LogP contribution in [0.2, 0.25) is 0 Å². The molecule has 1 aromatic rings. The van der Waals surface area contributed by atoms with Gasteiger partial charge in [-0.25, -0.2) is 0 Å². The van der Waals surface area contributed by atoms with Gasteiger partial charge in [0.25, 0.3) is 0 Å². The van der Waals surface area contributed by atoms with Crippen LogP contribution in [0.5, 0.6) is 0 Å². The Hall–Kier alpha value is -1.47. The first-order valence-corrected chi connectivity index (χ1v) is 9.45. The third-order valence-electron chi connectivity index (χ3n) is 5.43. The van der Waals surface area contributed by atoms with E-state index < -0.39 is 0 Å². The van der Waals surface area contributed by atoms with Crippen molar-refractivity contribution in [3.8, 4) is 0 Å². The van der Waals surface area contributed by atoms with E-state index in [1.165, 1.54) is 0 Å². The zero-order valence-corrected chi connectivity index (χ0v) is 15.4. The van der Waals surface area contributed by atoms with E-state index >= 15 is 0 Å². The summed E-state index contributed by atoms with van der Waals surface area (Å²) in [6.07, 6.45) is 4.53. The Labute approximate surface area is 149 Å². The Morgan fingerprint density at radius 3 is 2.88 bits per heavy atom. The Bertz CT molecular complexity index is 589. The second-order valence-corrected chi connectivity index (χ2v) is 7.91. The summed E-state index contributed by atoms with van der Waals surface area (Å²) in [7, 11) is 0. The van der Waals surface area contributed by atoms with Crippen molar-refractivity contribution in [3.05, 3.63) is 11.7 Å². The van der Waals surface area contributed by atoms with Gasteiger partial charge in [0.2, 0.25) is 11.8 Å². The number of hydrogen-bond donors (Lipinski definition) is 1. The molecule has 0 bridgehead atoms. The first-order valence-electron chi connectivity index (χ1n) is 9.45. The molecule has 0 radical (unpaired) electrons. The summed E-state index contributed by atoms with van der Waals surface area (Å²) in [5, 5.41) is 13.1. The number of amides is 1. The molecule has 0 aliphatic carbocycles. The van der Waals surface area contributed by atoms with Gasteiger partial charge in [0, 0.05) is 44.0 Å². The predicted octanol–water partition coefficient (Wildman–Crippen LogP) is 1.78. The predicted molar refractivity (Wildman–Crippen MR) is 92.8 cm³/mol. The van der Waals surface area contributed by atoms with E-state index in [-0.39, 0.29) is 23.8 Å². The van der Waals surface area contributed by atoms with Gasteiger partial charge in [0.05, 0.1) is 6.54 Å². The zero-order valence-electron chi connectivity index (χ0n) is 15.4. The number of aromatic nitrogens is 2. The Morgan fingerprint density at radius 2 is 2.16 bits per heavy atom. The lowest BCUT2D eigenvalue weighted by molar-refractivity contribution is -0.139. The zero-order chi connectivity index (χ0) is 17.9. The molecule has 0 aromatic carbocycles. The standard InChI is InChI=1S/C18H30N4O3/c1-14(2)17-19-15(25-20-17)11-21-8-3-6-18(12-21)7-5-16(24)22(13-18)9-4-10-23/h14,23H,3-13H2,1-2H3. The molecule has 3 rings (SSSR count). The largest absolute Gasteiger partial charge is 0.396 e. The molecule has 1 atom stereocenters. The van der Waals surface area contributed by atoms with Gasteiger partial charge in [-0.2, -0.15) is 4.98 Å². The van der Waals surface area contributed by atoms with Gasteiger partial charge in [-0.3, -0.25) is 9.69 Å². The first-order chi connectivity index (χ1) is 12.0. The number of carbonyl (C=O) groups is 1. The maximum absolute atomic E-state index is 12.2. The van der Waals surface area contributed by atoms with E-state index in [2.05, 4.69) is 28.9 Å². The molecule has 1 N–H and O–H groups in total. The van der Waals surface area contributed by atoms with Crippen LogP contribution < -0.4 is 0 Å². The Balaban J connectivity index is 1.62. The van der Waals surface area contributed by atoms with Crippen LogP contribution in [0.4, 0.5) is 0 Å². The number of aliphatic hydroxyl groups excluding tert-OH is 1. The lowest BCUT2D eigenvalue weighted by Gasteiger charge is -2.48. The van der Waals surface area contributed by atoms with Crippen LogP contribution in [0.3, 0.4) is 0 Å². The minimum absolute atomic E-state index is 0.137. The number of carbonyl (C=O) groups excluding carboxylic acids is 1. The highest BCUT2D eigenvalue weighted by atomic mass is 16.5. The summed E-state index contributed by atoms with van der Waals surface area (Å²) >= 11 is 0. The summed E-state index contributed by atoms with van der Waals surface area (Å²) in [5.41, 5.74) is 0.169. The third-order valence-corrected chi connectivity index (χ3v) is 5.43. The number of aliphatic hydroxyl groups is 1. The van der Waals surface area contributed by atoms with E-state index in [9.17, 15) is 4.79 Å². The van der Waals surface area contributed by atoms with Gasteiger partial charge >= 0.3 is 0 Å². The fourth-order valence-electron chi connectivity index (χ4n) is 4.10. The fourth-order valence-corrected chi connectivity index (χ4v) is 4.10. The second-order valence-electron chi connectivity index (χ2n) is 7.91. The van der Waals surface area contributed by atoms with Crippen LogP contribution in [0, 0.1) is 5.41 Å². The number of nitrogens with zero attached hydrogens (tertiary/aromatic N) is 4. The van der Waals surface area contributed by atoms with E-state index in [0.717, 1.165) is 44.7 Å². The highest BCUT2D eigenvalue weighted by molar-refractivity contribution is 5.77. The monoisotopic (exact) mass is 350 g/mol. The lowest BCUT2D eigenvalue weighted by atomic mass is 9.73. The van der Waals surface area contributed by atoms with Crippen molar-refractivity contribution < 1.29 is 14.4 Å². The molecule has 2 aliphatic heterocycles. The van der Waals surface area contributed by atoms with Crippen LogP contribution in [-0.2, 0) is 11.3 Å². The van der Waals surface area contributed by atoms with Crippen LogP contribution in [0.1, 0.15) is 63.6 Å². The molecule has 1 amide bonds. The first kappa shape index (κ1) is 18.3. The van der Waals surface area contributed by atoms with Crippen LogP contribution in [-0.4, -0.2) is 63.7 Å². The summed E-state index contributed by atoms with van der Waals surface area (Å²) in [6, 6.07) is 0. The summed E-state index contributed by atoms with van der Waals surface area (Å²) in [4.78, 5) is 21.0. The van der Waals surface area contributed by atoms with E-state index in [1.807, 2.05) is 4.90 Å². The minimum Gasteiger partial charge on any atom is -0.396 e. The molecule has 140 valence electrons. The molecule has 2 saturated heterocycles. The SMILES string of the molecule is CC(C)c1noc(CN2CCCC3(CCC(=O)N(CCCO)C3)C2)n1. The fraction of sp³-hybridized carbons (Fsp3) is 0.833. The van der Waals surface area contributed by atoms with Gasteiger partial charge < -0.3 is 14.5 Å². The van der Waals surface area contributed by atoms with E-state index in [4.69, 9.17) is 9.63 Å². The minimum atomic E-state index is 0.137. The van der Waals surface area contributed by atoms with Crippen molar-refractivity contribution in [2.45, 2.75) is 58.4 Å². The normalized spacial score (nSPS) is 25.3. The molecule has 1 spiro atoms. The van der Waals surface area contributed by atoms with Crippen molar-refractivity contribution in [2.24, 2.45) is 5.41 Å². The van der Waals surface area contributed by atoms with E-state index in [1.54, 1.807) is 0 Å². The molecule has 0 saturated carbocycles. The van der Waals surface area contributed by atoms with Gasteiger partial charge in [0.15, 0.2) is 5.82 Å². The van der Waals surface area contributed by atoms with Crippen molar-refractivity contribution >= 4 is 5.91 Å². The quantitative estimate of drug-likeness (QED) is 0.842. The van der Waals surface area contributed by atoms with Crippen molar-refractivity contribution in [2.75, 3.05) is 32.8 Å². The summed E-state index contributed by atoms with van der Waals surface area (Å²) in [6.45, 7) is 8.42. The molecular formula is C18H30N4O3. The summed E-state index contributed by atoms with van der Waals surface area (Å²) < 4.78 is 5.40. The second kappa shape index (κ2) is 7.83. The number of hydrogen-bond acceptors (Lipinski definition) is 6. The molecule has 1 aromatic heterocycles. The highest BCUT2D eigenvalue weighted by Crippen LogP contribution is 2.39. The van der Waals surface area contributed by atoms with Gasteiger partial charge in [-0.1, -0.05) is 19.0 Å². The maximum Gasteiger partial charge on any atom is 0.240 e. The number of likely N-dealkylation sites (tertiary alicyclic amines) is 2. The molecule has 3 heterocycles. The maximum atomic E-state index is 12.2. The number of piperidine rings is 2. The van der Waals surface area contributed by atoms with Gasteiger partial charge in [0.1, 0.15) is 0 Å². The third kappa shape index (κ3) is 4.39. The van der Waals surface area contributed by atoms with Crippen molar-refractivity contribution in [1.82, 2.24) is 19.9 Å². The summed E-state index contributed by atoms with van der Waals surface area (Å²) in [5.74, 6) is 1.95. The van der Waals surface area contributed by atoms with Gasteiger partial charge in [-0.15, -0.1) is 0 Å². The topological polar surface area (TPSA) is 82.7 Å². The number of rotatable bonds is 6. The smallest absolute Gasteiger partial charge is 0.240 e. The van der Waals surface area contributed by atoms with E-state index in [0.29, 0.717) is 31.8 Å². The van der Waals surface area contributed by atoms with Crippen molar-refractivity contribution in [3.63, 3.8) is 0 Å². The highest BCUT2D eigenvalue weighted by Gasteiger charge is 2.41. The Morgan fingerprint density at radius 1 is 1.32 bits per heavy atom. The lowest BCUT2D eigenvalue weighted by Crippen LogP contribution is -2.54. The Kier molecular flexibility index (Phi) is 5.74. The molecule has 25 heavy (non-hydrogen) atoms. The molecular weight excluding hydrogens is 320 g/mol.